The molecule has 6 rings (SSSR count). The van der Waals surface area contributed by atoms with Crippen molar-refractivity contribution < 1.29 is 24.2 Å². The number of phenolic OH excluding ortho intramolecular Hbond substituents is 1. The Bertz CT molecular complexity index is 1670. The number of nitrogens with zero attached hydrogens (tertiary/aromatic N) is 2. The molecule has 0 bridgehead atoms. The second kappa shape index (κ2) is 9.98. The molecule has 0 saturated heterocycles. The molecule has 200 valence electrons. The number of carbonyl (C=O) groups excluding carboxylic acids is 1. The van der Waals surface area contributed by atoms with Gasteiger partial charge in [-0.1, -0.05) is 19.3 Å². The van der Waals surface area contributed by atoms with Gasteiger partial charge in [-0.15, -0.1) is 0 Å². The van der Waals surface area contributed by atoms with Crippen LogP contribution in [0.15, 0.2) is 59.5 Å². The van der Waals surface area contributed by atoms with Crippen molar-refractivity contribution in [2.24, 2.45) is 0 Å². The SMILES string of the molecule is Cc1c(C(=O)NC(Cc2c[nH]c3ccc(O)cc23)C(=O)O)ccc2c1nc(-c1ccoc1)n2C1CCCCC1. The van der Waals surface area contributed by atoms with E-state index < -0.39 is 17.9 Å². The normalized spacial score (nSPS) is 15.1. The van der Waals surface area contributed by atoms with E-state index in [1.165, 1.54) is 19.3 Å². The van der Waals surface area contributed by atoms with Gasteiger partial charge in [0.25, 0.3) is 5.91 Å². The first-order valence-electron chi connectivity index (χ1n) is 13.3. The topological polar surface area (TPSA) is 133 Å². The van der Waals surface area contributed by atoms with E-state index in [-0.39, 0.29) is 12.2 Å². The summed E-state index contributed by atoms with van der Waals surface area (Å²) in [7, 11) is 0. The number of aryl methyl sites for hydroxylation is 1. The Balaban J connectivity index is 1.33. The Hall–Kier alpha value is -4.53. The van der Waals surface area contributed by atoms with Crippen molar-refractivity contribution in [3.8, 4) is 17.1 Å². The number of hydrogen-bond acceptors (Lipinski definition) is 5. The van der Waals surface area contributed by atoms with Crippen molar-refractivity contribution in [2.45, 2.75) is 57.5 Å². The molecule has 1 aliphatic carbocycles. The number of aliphatic carboxylic acids is 1. The Morgan fingerprint density at radius 2 is 2.00 bits per heavy atom. The lowest BCUT2D eigenvalue weighted by atomic mass is 9.94. The van der Waals surface area contributed by atoms with Crippen molar-refractivity contribution in [1.82, 2.24) is 19.9 Å². The maximum Gasteiger partial charge on any atom is 0.326 e. The van der Waals surface area contributed by atoms with Crippen LogP contribution in [-0.2, 0) is 11.2 Å². The number of carbonyl (C=O) groups is 2. The molecule has 1 atom stereocenters. The molecule has 0 aliphatic heterocycles. The Kier molecular flexibility index (Phi) is 6.34. The van der Waals surface area contributed by atoms with Gasteiger partial charge in [-0.25, -0.2) is 9.78 Å². The zero-order valence-corrected chi connectivity index (χ0v) is 21.6. The first-order valence-corrected chi connectivity index (χ1v) is 13.3. The minimum Gasteiger partial charge on any atom is -0.508 e. The number of aromatic nitrogens is 3. The van der Waals surface area contributed by atoms with E-state index in [2.05, 4.69) is 14.9 Å². The molecule has 1 aliphatic rings. The summed E-state index contributed by atoms with van der Waals surface area (Å²) in [6.45, 7) is 1.85. The molecule has 39 heavy (non-hydrogen) atoms. The predicted octanol–water partition coefficient (Wildman–Crippen LogP) is 5.72. The first kappa shape index (κ1) is 24.8. The van der Waals surface area contributed by atoms with Crippen molar-refractivity contribution in [3.63, 3.8) is 0 Å². The third-order valence-electron chi connectivity index (χ3n) is 7.86. The lowest BCUT2D eigenvalue weighted by Gasteiger charge is -2.25. The smallest absolute Gasteiger partial charge is 0.326 e. The number of rotatable bonds is 7. The quantitative estimate of drug-likeness (QED) is 0.214. The summed E-state index contributed by atoms with van der Waals surface area (Å²) in [4.78, 5) is 33.6. The average Bonchev–Trinajstić information content (AvgIpc) is 3.68. The molecule has 1 amide bonds. The van der Waals surface area contributed by atoms with Crippen LogP contribution in [0.1, 0.15) is 59.6 Å². The van der Waals surface area contributed by atoms with Gasteiger partial charge in [-0.3, -0.25) is 4.79 Å². The van der Waals surface area contributed by atoms with E-state index in [9.17, 15) is 19.8 Å². The van der Waals surface area contributed by atoms with E-state index in [0.29, 0.717) is 28.1 Å². The third kappa shape index (κ3) is 4.54. The second-order valence-corrected chi connectivity index (χ2v) is 10.3. The number of aromatic hydroxyl groups is 1. The second-order valence-electron chi connectivity index (χ2n) is 10.3. The van der Waals surface area contributed by atoms with E-state index >= 15 is 0 Å². The number of fused-ring (bicyclic) bond motifs is 2. The highest BCUT2D eigenvalue weighted by atomic mass is 16.4. The molecule has 9 heteroatoms. The first-order chi connectivity index (χ1) is 18.9. The number of aromatic amines is 1. The summed E-state index contributed by atoms with van der Waals surface area (Å²) in [5.41, 5.74) is 5.13. The average molecular weight is 527 g/mol. The Labute approximate surface area is 224 Å². The number of H-pyrrole nitrogens is 1. The van der Waals surface area contributed by atoms with Gasteiger partial charge in [0, 0.05) is 35.1 Å². The van der Waals surface area contributed by atoms with E-state index in [0.717, 1.165) is 40.8 Å². The van der Waals surface area contributed by atoms with Crippen LogP contribution in [0.25, 0.3) is 33.3 Å². The fraction of sp³-hybridized carbons (Fsp3) is 0.300. The predicted molar refractivity (Wildman–Crippen MR) is 147 cm³/mol. The molecule has 3 heterocycles. The van der Waals surface area contributed by atoms with Gasteiger partial charge in [-0.2, -0.15) is 0 Å². The van der Waals surface area contributed by atoms with Crippen LogP contribution in [0.2, 0.25) is 0 Å². The van der Waals surface area contributed by atoms with Crippen LogP contribution < -0.4 is 5.32 Å². The fourth-order valence-electron chi connectivity index (χ4n) is 5.84. The van der Waals surface area contributed by atoms with E-state index in [1.54, 1.807) is 43.0 Å². The minimum atomic E-state index is -1.16. The summed E-state index contributed by atoms with van der Waals surface area (Å²) < 4.78 is 7.63. The molecular formula is C30H30N4O5. The number of phenols is 1. The van der Waals surface area contributed by atoms with Gasteiger partial charge in [0.05, 0.1) is 22.9 Å². The van der Waals surface area contributed by atoms with Gasteiger partial charge in [0.2, 0.25) is 0 Å². The maximum absolute atomic E-state index is 13.4. The van der Waals surface area contributed by atoms with Gasteiger partial charge in [0.1, 0.15) is 23.9 Å². The van der Waals surface area contributed by atoms with Gasteiger partial charge < -0.3 is 29.5 Å². The van der Waals surface area contributed by atoms with E-state index in [1.807, 2.05) is 19.1 Å². The van der Waals surface area contributed by atoms with Gasteiger partial charge in [-0.05, 0) is 67.3 Å². The van der Waals surface area contributed by atoms with Crippen molar-refractivity contribution in [1.29, 1.82) is 0 Å². The number of carboxylic acid groups (broad SMARTS) is 1. The van der Waals surface area contributed by atoms with Crippen molar-refractivity contribution in [3.05, 3.63) is 71.8 Å². The molecular weight excluding hydrogens is 496 g/mol. The molecule has 1 saturated carbocycles. The highest BCUT2D eigenvalue weighted by Gasteiger charge is 2.27. The zero-order valence-electron chi connectivity index (χ0n) is 21.6. The van der Waals surface area contributed by atoms with Crippen molar-refractivity contribution in [2.75, 3.05) is 0 Å². The molecule has 3 aromatic heterocycles. The number of amides is 1. The number of hydrogen-bond donors (Lipinski definition) is 4. The number of nitrogens with one attached hydrogen (secondary N) is 2. The highest BCUT2D eigenvalue weighted by molar-refractivity contribution is 6.02. The van der Waals surface area contributed by atoms with Gasteiger partial charge >= 0.3 is 5.97 Å². The lowest BCUT2D eigenvalue weighted by molar-refractivity contribution is -0.139. The zero-order chi connectivity index (χ0) is 27.1. The lowest BCUT2D eigenvalue weighted by Crippen LogP contribution is -2.42. The summed E-state index contributed by atoms with van der Waals surface area (Å²) in [5, 5.41) is 23.2. The summed E-state index contributed by atoms with van der Waals surface area (Å²) in [6.07, 6.45) is 10.8. The molecule has 0 spiro atoms. The van der Waals surface area contributed by atoms with Crippen LogP contribution >= 0.6 is 0 Å². The summed E-state index contributed by atoms with van der Waals surface area (Å²) in [6, 6.07) is 9.61. The number of imidazole rings is 1. The Morgan fingerprint density at radius 1 is 1.18 bits per heavy atom. The maximum atomic E-state index is 13.4. The molecule has 1 unspecified atom stereocenters. The van der Waals surface area contributed by atoms with Gasteiger partial charge in [0.15, 0.2) is 0 Å². The van der Waals surface area contributed by atoms with Crippen LogP contribution in [0.4, 0.5) is 0 Å². The largest absolute Gasteiger partial charge is 0.508 e. The molecule has 9 nitrogen and oxygen atoms in total. The van der Waals surface area contributed by atoms with Crippen LogP contribution in [0, 0.1) is 6.92 Å². The third-order valence-corrected chi connectivity index (χ3v) is 7.86. The molecule has 5 aromatic rings. The van der Waals surface area contributed by atoms with Crippen LogP contribution in [0.3, 0.4) is 0 Å². The monoisotopic (exact) mass is 526 g/mol. The van der Waals surface area contributed by atoms with Crippen molar-refractivity contribution >= 4 is 33.8 Å². The molecule has 2 aromatic carbocycles. The number of benzene rings is 2. The minimum absolute atomic E-state index is 0.0623. The van der Waals surface area contributed by atoms with E-state index in [4.69, 9.17) is 9.40 Å². The van der Waals surface area contributed by atoms with Crippen LogP contribution in [-0.4, -0.2) is 42.7 Å². The van der Waals surface area contributed by atoms with Crippen LogP contribution in [0.5, 0.6) is 5.75 Å². The summed E-state index contributed by atoms with van der Waals surface area (Å²) in [5.74, 6) is -0.704. The summed E-state index contributed by atoms with van der Waals surface area (Å²) >= 11 is 0. The number of carboxylic acids is 1. The fourth-order valence-corrected chi connectivity index (χ4v) is 5.84. The number of furan rings is 1. The standard InChI is InChI=1S/C30H30N4O5/c1-17-22(29(36)32-25(30(37)38)13-19-15-31-24-9-7-21(35)14-23(19)24)8-10-26-27(17)33-28(18-11-12-39-16-18)34(26)20-5-3-2-4-6-20/h7-12,14-16,20,25,31,35H,2-6,13H2,1H3,(H,32,36)(H,37,38). The Morgan fingerprint density at radius 3 is 2.74 bits per heavy atom. The molecule has 0 radical (unpaired) electrons. The molecule has 1 fully saturated rings. The molecule has 4 N–H and O–H groups in total. The highest BCUT2D eigenvalue weighted by Crippen LogP contribution is 2.37.